The van der Waals surface area contributed by atoms with Crippen molar-refractivity contribution in [2.45, 2.75) is 19.7 Å². The molecule has 0 spiro atoms. The third-order valence-electron chi connectivity index (χ3n) is 4.62. The highest BCUT2D eigenvalue weighted by atomic mass is 19.3. The number of carbonyl (C=O) groups is 1. The Morgan fingerprint density at radius 3 is 2.61 bits per heavy atom. The Labute approximate surface area is 177 Å². The largest absolute Gasteiger partial charge is 0.467 e. The van der Waals surface area contributed by atoms with Crippen LogP contribution in [-0.2, 0) is 13.1 Å². The molecule has 0 fully saturated rings. The SMILES string of the molecule is O=C(Nc1ccc(OC(F)F)c2ncccc12)N(Cc1ccccc1)Cc1ccco1. The number of nitrogens with zero attached hydrogens (tertiary/aromatic N) is 2. The van der Waals surface area contributed by atoms with Gasteiger partial charge in [-0.2, -0.15) is 8.78 Å². The molecule has 158 valence electrons. The second-order valence-electron chi connectivity index (χ2n) is 6.74. The molecule has 0 saturated heterocycles. The Bertz CT molecular complexity index is 1150. The normalized spacial score (nSPS) is 10.9. The highest BCUT2D eigenvalue weighted by Crippen LogP contribution is 2.31. The van der Waals surface area contributed by atoms with E-state index < -0.39 is 6.61 Å². The third-order valence-corrected chi connectivity index (χ3v) is 4.62. The van der Waals surface area contributed by atoms with Crippen molar-refractivity contribution in [2.75, 3.05) is 5.32 Å². The topological polar surface area (TPSA) is 67.6 Å². The predicted octanol–water partition coefficient (Wildman–Crippen LogP) is 5.66. The van der Waals surface area contributed by atoms with Crippen molar-refractivity contribution in [1.82, 2.24) is 9.88 Å². The molecular formula is C23H19F2N3O3. The molecule has 0 unspecified atom stereocenters. The predicted molar refractivity (Wildman–Crippen MR) is 112 cm³/mol. The maximum atomic E-state index is 13.2. The standard InChI is InChI=1S/C23H19F2N3O3/c24-22(25)31-20-11-10-19(18-9-4-12-26-21(18)20)27-23(29)28(15-17-8-5-13-30-17)14-16-6-2-1-3-7-16/h1-13,22H,14-15H2,(H,27,29). The molecule has 2 amide bonds. The van der Waals surface area contributed by atoms with E-state index in [0.29, 0.717) is 23.4 Å². The van der Waals surface area contributed by atoms with Gasteiger partial charge < -0.3 is 19.4 Å². The van der Waals surface area contributed by atoms with Gasteiger partial charge in [0, 0.05) is 18.1 Å². The smallest absolute Gasteiger partial charge is 0.387 e. The van der Waals surface area contributed by atoms with Crippen molar-refractivity contribution in [1.29, 1.82) is 0 Å². The first-order chi connectivity index (χ1) is 15.1. The van der Waals surface area contributed by atoms with Crippen molar-refractivity contribution in [3.05, 3.63) is 90.5 Å². The summed E-state index contributed by atoms with van der Waals surface area (Å²) in [4.78, 5) is 18.9. The number of hydrogen-bond donors (Lipinski definition) is 1. The summed E-state index contributed by atoms with van der Waals surface area (Å²) in [6.07, 6.45) is 3.03. The second-order valence-corrected chi connectivity index (χ2v) is 6.74. The number of anilines is 1. The Morgan fingerprint density at radius 2 is 1.87 bits per heavy atom. The van der Waals surface area contributed by atoms with Crippen molar-refractivity contribution < 1.29 is 22.7 Å². The van der Waals surface area contributed by atoms with Crippen LogP contribution >= 0.6 is 0 Å². The van der Waals surface area contributed by atoms with Crippen LogP contribution < -0.4 is 10.1 Å². The van der Waals surface area contributed by atoms with E-state index in [1.807, 2.05) is 30.3 Å². The number of alkyl halides is 2. The summed E-state index contributed by atoms with van der Waals surface area (Å²) in [5.41, 5.74) is 1.63. The number of nitrogens with one attached hydrogen (secondary N) is 1. The monoisotopic (exact) mass is 423 g/mol. The molecule has 0 radical (unpaired) electrons. The number of benzene rings is 2. The number of furan rings is 1. The minimum absolute atomic E-state index is 0.0553. The lowest BCUT2D eigenvalue weighted by molar-refractivity contribution is -0.0489. The third kappa shape index (κ3) is 4.98. The van der Waals surface area contributed by atoms with E-state index in [1.54, 1.807) is 35.4 Å². The first kappa shape index (κ1) is 20.3. The zero-order valence-corrected chi connectivity index (χ0v) is 16.4. The summed E-state index contributed by atoms with van der Waals surface area (Å²) < 4.78 is 35.4. The van der Waals surface area contributed by atoms with Gasteiger partial charge in [-0.3, -0.25) is 4.98 Å². The van der Waals surface area contributed by atoms with Gasteiger partial charge in [-0.1, -0.05) is 30.3 Å². The van der Waals surface area contributed by atoms with E-state index in [-0.39, 0.29) is 23.8 Å². The minimum atomic E-state index is -2.97. The van der Waals surface area contributed by atoms with Crippen LogP contribution in [0, 0.1) is 0 Å². The van der Waals surface area contributed by atoms with Crippen LogP contribution in [0.2, 0.25) is 0 Å². The van der Waals surface area contributed by atoms with Crippen LogP contribution in [0.15, 0.2) is 83.6 Å². The highest BCUT2D eigenvalue weighted by Gasteiger charge is 2.19. The lowest BCUT2D eigenvalue weighted by atomic mass is 10.1. The molecule has 31 heavy (non-hydrogen) atoms. The molecule has 8 heteroatoms. The van der Waals surface area contributed by atoms with Gasteiger partial charge in [0.1, 0.15) is 11.3 Å². The fourth-order valence-electron chi connectivity index (χ4n) is 3.24. The van der Waals surface area contributed by atoms with Crippen molar-refractivity contribution in [2.24, 2.45) is 0 Å². The molecule has 0 aliphatic heterocycles. The zero-order valence-electron chi connectivity index (χ0n) is 16.4. The van der Waals surface area contributed by atoms with Crippen LogP contribution in [0.3, 0.4) is 0 Å². The van der Waals surface area contributed by atoms with Crippen molar-refractivity contribution in [3.63, 3.8) is 0 Å². The molecule has 4 rings (SSSR count). The fraction of sp³-hybridized carbons (Fsp3) is 0.130. The summed E-state index contributed by atoms with van der Waals surface area (Å²) in [5.74, 6) is 0.582. The van der Waals surface area contributed by atoms with E-state index >= 15 is 0 Å². The van der Waals surface area contributed by atoms with Crippen LogP contribution in [0.25, 0.3) is 10.9 Å². The van der Waals surface area contributed by atoms with Crippen molar-refractivity contribution in [3.8, 4) is 5.75 Å². The number of aromatic nitrogens is 1. The highest BCUT2D eigenvalue weighted by molar-refractivity contribution is 6.02. The molecule has 1 N–H and O–H groups in total. The second kappa shape index (κ2) is 9.25. The molecule has 0 aliphatic carbocycles. The number of amides is 2. The van der Waals surface area contributed by atoms with Crippen LogP contribution in [0.1, 0.15) is 11.3 Å². The average Bonchev–Trinajstić information content (AvgIpc) is 3.28. The summed E-state index contributed by atoms with van der Waals surface area (Å²) in [5, 5.41) is 3.35. The van der Waals surface area contributed by atoms with Crippen molar-refractivity contribution >= 4 is 22.6 Å². The lowest BCUT2D eigenvalue weighted by Crippen LogP contribution is -2.34. The zero-order chi connectivity index (χ0) is 21.6. The first-order valence-electron chi connectivity index (χ1n) is 9.55. The number of urea groups is 1. The fourth-order valence-corrected chi connectivity index (χ4v) is 3.24. The first-order valence-corrected chi connectivity index (χ1v) is 9.55. The van der Waals surface area contributed by atoms with Crippen LogP contribution in [0.4, 0.5) is 19.3 Å². The molecular weight excluding hydrogens is 404 g/mol. The summed E-state index contributed by atoms with van der Waals surface area (Å²) >= 11 is 0. The van der Waals surface area contributed by atoms with Gasteiger partial charge >= 0.3 is 12.6 Å². The maximum absolute atomic E-state index is 13.2. The average molecular weight is 423 g/mol. The molecule has 2 aromatic carbocycles. The molecule has 0 bridgehead atoms. The van der Waals surface area contributed by atoms with E-state index in [0.717, 1.165) is 5.56 Å². The summed E-state index contributed by atoms with van der Waals surface area (Å²) in [6, 6.07) is 19.0. The van der Waals surface area contributed by atoms with Gasteiger partial charge in [0.25, 0.3) is 0 Å². The Balaban J connectivity index is 1.61. The summed E-state index contributed by atoms with van der Waals surface area (Å²) in [7, 11) is 0. The van der Waals surface area contributed by atoms with E-state index in [9.17, 15) is 13.6 Å². The number of carbonyl (C=O) groups excluding carboxylic acids is 1. The lowest BCUT2D eigenvalue weighted by Gasteiger charge is -2.23. The molecule has 2 aromatic heterocycles. The van der Waals surface area contributed by atoms with Crippen LogP contribution in [-0.4, -0.2) is 22.5 Å². The number of halogens is 2. The van der Waals surface area contributed by atoms with Gasteiger partial charge in [-0.15, -0.1) is 0 Å². The van der Waals surface area contributed by atoms with E-state index in [2.05, 4.69) is 15.0 Å². The van der Waals surface area contributed by atoms with E-state index in [4.69, 9.17) is 4.42 Å². The Kier molecular flexibility index (Phi) is 6.07. The van der Waals surface area contributed by atoms with Gasteiger partial charge in [-0.25, -0.2) is 4.79 Å². The molecule has 0 aliphatic rings. The van der Waals surface area contributed by atoms with Gasteiger partial charge in [0.2, 0.25) is 0 Å². The van der Waals surface area contributed by atoms with E-state index in [1.165, 1.54) is 18.3 Å². The number of fused-ring (bicyclic) bond motifs is 1. The maximum Gasteiger partial charge on any atom is 0.387 e. The number of rotatable bonds is 7. The van der Waals surface area contributed by atoms with Gasteiger partial charge in [0.05, 0.1) is 18.5 Å². The number of hydrogen-bond acceptors (Lipinski definition) is 4. The number of pyridine rings is 1. The molecule has 0 saturated carbocycles. The Morgan fingerprint density at radius 1 is 1.03 bits per heavy atom. The number of ether oxygens (including phenoxy) is 1. The van der Waals surface area contributed by atoms with Gasteiger partial charge in [0.15, 0.2) is 5.75 Å². The summed E-state index contributed by atoms with van der Waals surface area (Å²) in [6.45, 7) is -2.35. The van der Waals surface area contributed by atoms with Crippen LogP contribution in [0.5, 0.6) is 5.75 Å². The molecule has 2 heterocycles. The molecule has 4 aromatic rings. The quantitative estimate of drug-likeness (QED) is 0.416. The molecule has 6 nitrogen and oxygen atoms in total. The minimum Gasteiger partial charge on any atom is -0.467 e. The van der Waals surface area contributed by atoms with Gasteiger partial charge in [-0.05, 0) is 42.0 Å². The Hall–Kier alpha value is -3.94. The molecule has 0 atom stereocenters.